The second-order valence-electron chi connectivity index (χ2n) is 5.82. The van der Waals surface area contributed by atoms with Crippen molar-refractivity contribution in [2.45, 2.75) is 27.2 Å². The first-order valence-electron chi connectivity index (χ1n) is 6.23. The van der Waals surface area contributed by atoms with Crippen LogP contribution >= 0.6 is 11.6 Å². The molecule has 18 heavy (non-hydrogen) atoms. The summed E-state index contributed by atoms with van der Waals surface area (Å²) in [5.41, 5.74) is 0.318. The van der Waals surface area contributed by atoms with Crippen molar-refractivity contribution in [2.24, 2.45) is 11.3 Å². The maximum Gasteiger partial charge on any atom is 0.199 e. The van der Waals surface area contributed by atoms with E-state index in [1.54, 1.807) is 7.11 Å². The van der Waals surface area contributed by atoms with Gasteiger partial charge in [0.05, 0.1) is 7.11 Å². The van der Waals surface area contributed by atoms with Crippen molar-refractivity contribution in [1.29, 1.82) is 0 Å². The predicted molar refractivity (Wildman–Crippen MR) is 73.4 cm³/mol. The number of nitrogens with zero attached hydrogens (tertiary/aromatic N) is 3. The summed E-state index contributed by atoms with van der Waals surface area (Å²) in [6, 6.07) is 0. The van der Waals surface area contributed by atoms with Crippen molar-refractivity contribution in [2.75, 3.05) is 25.1 Å². The standard InChI is InChI=1S/C13H20ClN3O/c1-13(2,3)9-5-6-17(7-9)12-10(18-4)11(14)15-8-16-12/h8-9H,5-7H2,1-4H3. The fourth-order valence-corrected chi connectivity index (χ4v) is 2.61. The normalized spacial score (nSPS) is 20.3. The van der Waals surface area contributed by atoms with E-state index in [0.29, 0.717) is 22.2 Å². The fourth-order valence-electron chi connectivity index (χ4n) is 2.40. The maximum atomic E-state index is 6.03. The van der Waals surface area contributed by atoms with Gasteiger partial charge in [-0.2, -0.15) is 0 Å². The van der Waals surface area contributed by atoms with Crippen LogP contribution in [0.25, 0.3) is 0 Å². The zero-order valence-corrected chi connectivity index (χ0v) is 12.2. The third kappa shape index (κ3) is 2.53. The first kappa shape index (κ1) is 13.4. The van der Waals surface area contributed by atoms with Crippen LogP contribution in [0.5, 0.6) is 5.75 Å². The fraction of sp³-hybridized carbons (Fsp3) is 0.692. The molecule has 0 radical (unpaired) electrons. The first-order chi connectivity index (χ1) is 8.43. The summed E-state index contributed by atoms with van der Waals surface area (Å²) in [6.45, 7) is 8.83. The van der Waals surface area contributed by atoms with E-state index >= 15 is 0 Å². The number of hydrogen-bond donors (Lipinski definition) is 0. The van der Waals surface area contributed by atoms with Gasteiger partial charge in [0.15, 0.2) is 16.7 Å². The Balaban J connectivity index is 2.22. The van der Waals surface area contributed by atoms with E-state index in [1.807, 2.05) is 0 Å². The van der Waals surface area contributed by atoms with Crippen LogP contribution < -0.4 is 9.64 Å². The van der Waals surface area contributed by atoms with E-state index in [0.717, 1.165) is 18.9 Å². The second kappa shape index (κ2) is 4.92. The number of aromatic nitrogens is 2. The highest BCUT2D eigenvalue weighted by Crippen LogP contribution is 2.39. The van der Waals surface area contributed by atoms with Crippen LogP contribution in [0.4, 0.5) is 5.82 Å². The van der Waals surface area contributed by atoms with Gasteiger partial charge in [0.1, 0.15) is 6.33 Å². The van der Waals surface area contributed by atoms with Gasteiger partial charge in [0, 0.05) is 13.1 Å². The molecule has 0 spiro atoms. The van der Waals surface area contributed by atoms with Crippen molar-refractivity contribution >= 4 is 17.4 Å². The van der Waals surface area contributed by atoms with E-state index < -0.39 is 0 Å². The van der Waals surface area contributed by atoms with Crippen LogP contribution in [-0.2, 0) is 0 Å². The van der Waals surface area contributed by atoms with Gasteiger partial charge in [-0.1, -0.05) is 32.4 Å². The highest BCUT2D eigenvalue weighted by Gasteiger charge is 2.33. The number of ether oxygens (including phenoxy) is 1. The molecular formula is C13H20ClN3O. The number of anilines is 1. The highest BCUT2D eigenvalue weighted by molar-refractivity contribution is 6.31. The van der Waals surface area contributed by atoms with Gasteiger partial charge in [-0.05, 0) is 17.8 Å². The first-order valence-corrected chi connectivity index (χ1v) is 6.60. The van der Waals surface area contributed by atoms with Crippen molar-refractivity contribution in [3.8, 4) is 5.75 Å². The largest absolute Gasteiger partial charge is 0.490 e. The average molecular weight is 270 g/mol. The molecular weight excluding hydrogens is 250 g/mol. The van der Waals surface area contributed by atoms with Crippen LogP contribution in [0, 0.1) is 11.3 Å². The van der Waals surface area contributed by atoms with E-state index in [4.69, 9.17) is 16.3 Å². The zero-order chi connectivity index (χ0) is 13.3. The molecule has 0 N–H and O–H groups in total. The maximum absolute atomic E-state index is 6.03. The molecule has 100 valence electrons. The second-order valence-corrected chi connectivity index (χ2v) is 6.18. The SMILES string of the molecule is COc1c(Cl)ncnc1N1CCC(C(C)(C)C)C1. The van der Waals surface area contributed by atoms with Gasteiger partial charge >= 0.3 is 0 Å². The molecule has 1 fully saturated rings. The van der Waals surface area contributed by atoms with Crippen LogP contribution in [-0.4, -0.2) is 30.2 Å². The number of hydrogen-bond acceptors (Lipinski definition) is 4. The molecule has 1 aromatic rings. The van der Waals surface area contributed by atoms with E-state index in [-0.39, 0.29) is 0 Å². The smallest absolute Gasteiger partial charge is 0.199 e. The quantitative estimate of drug-likeness (QED) is 0.774. The molecule has 1 saturated heterocycles. The zero-order valence-electron chi connectivity index (χ0n) is 11.4. The van der Waals surface area contributed by atoms with Gasteiger partial charge in [0.25, 0.3) is 0 Å². The lowest BCUT2D eigenvalue weighted by Gasteiger charge is -2.27. The lowest BCUT2D eigenvalue weighted by Crippen LogP contribution is -2.26. The minimum atomic E-state index is 0.318. The molecule has 1 atom stereocenters. The molecule has 0 saturated carbocycles. The van der Waals surface area contributed by atoms with E-state index in [9.17, 15) is 0 Å². The highest BCUT2D eigenvalue weighted by atomic mass is 35.5. The van der Waals surface area contributed by atoms with Crippen LogP contribution in [0.2, 0.25) is 5.15 Å². The van der Waals surface area contributed by atoms with Crippen LogP contribution in [0.1, 0.15) is 27.2 Å². The van der Waals surface area contributed by atoms with Gasteiger partial charge in [-0.25, -0.2) is 9.97 Å². The molecule has 0 aliphatic carbocycles. The molecule has 4 nitrogen and oxygen atoms in total. The minimum Gasteiger partial charge on any atom is -0.490 e. The van der Waals surface area contributed by atoms with Gasteiger partial charge in [-0.15, -0.1) is 0 Å². The number of rotatable bonds is 2. The van der Waals surface area contributed by atoms with Crippen molar-refractivity contribution in [1.82, 2.24) is 9.97 Å². The van der Waals surface area contributed by atoms with Crippen molar-refractivity contribution < 1.29 is 4.74 Å². The topological polar surface area (TPSA) is 38.3 Å². The van der Waals surface area contributed by atoms with Gasteiger partial charge < -0.3 is 9.64 Å². The Bertz CT molecular complexity index is 431. The molecule has 1 aliphatic rings. The average Bonchev–Trinajstić information content (AvgIpc) is 2.77. The summed E-state index contributed by atoms with van der Waals surface area (Å²) in [5.74, 6) is 2.05. The summed E-state index contributed by atoms with van der Waals surface area (Å²) in [4.78, 5) is 10.5. The summed E-state index contributed by atoms with van der Waals surface area (Å²) in [5, 5.41) is 0.377. The minimum absolute atomic E-state index is 0.318. The molecule has 1 aliphatic heterocycles. The predicted octanol–water partition coefficient (Wildman–Crippen LogP) is 3.01. The molecule has 0 aromatic carbocycles. The number of methoxy groups -OCH3 is 1. The Morgan fingerprint density at radius 2 is 2.11 bits per heavy atom. The van der Waals surface area contributed by atoms with E-state index in [2.05, 4.69) is 35.6 Å². The molecule has 0 bridgehead atoms. The Labute approximate surface area is 113 Å². The van der Waals surface area contributed by atoms with Crippen LogP contribution in [0.15, 0.2) is 6.33 Å². The van der Waals surface area contributed by atoms with Gasteiger partial charge in [0.2, 0.25) is 0 Å². The van der Waals surface area contributed by atoms with E-state index in [1.165, 1.54) is 12.7 Å². The Morgan fingerprint density at radius 3 is 2.67 bits per heavy atom. The summed E-state index contributed by atoms with van der Waals surface area (Å²) in [6.07, 6.45) is 2.67. The van der Waals surface area contributed by atoms with Crippen molar-refractivity contribution in [3.05, 3.63) is 11.5 Å². The molecule has 2 rings (SSSR count). The molecule has 2 heterocycles. The Morgan fingerprint density at radius 1 is 1.39 bits per heavy atom. The molecule has 0 amide bonds. The molecule has 1 aromatic heterocycles. The third-order valence-corrected chi connectivity index (χ3v) is 3.93. The summed E-state index contributed by atoms with van der Waals surface area (Å²) in [7, 11) is 1.60. The molecule has 5 heteroatoms. The monoisotopic (exact) mass is 269 g/mol. The van der Waals surface area contributed by atoms with Crippen molar-refractivity contribution in [3.63, 3.8) is 0 Å². The molecule has 1 unspecified atom stereocenters. The lowest BCUT2D eigenvalue weighted by molar-refractivity contribution is 0.263. The summed E-state index contributed by atoms with van der Waals surface area (Å²) >= 11 is 6.03. The van der Waals surface area contributed by atoms with Gasteiger partial charge in [-0.3, -0.25) is 0 Å². The third-order valence-electron chi connectivity index (χ3n) is 3.66. The Hall–Kier alpha value is -1.03. The Kier molecular flexibility index (Phi) is 3.66. The lowest BCUT2D eigenvalue weighted by atomic mass is 9.80. The number of halogens is 1. The summed E-state index contributed by atoms with van der Waals surface area (Å²) < 4.78 is 5.31. The van der Waals surface area contributed by atoms with Crippen LogP contribution in [0.3, 0.4) is 0 Å².